The topological polar surface area (TPSA) is 67.4 Å². The summed E-state index contributed by atoms with van der Waals surface area (Å²) in [7, 11) is 0. The lowest BCUT2D eigenvalue weighted by molar-refractivity contribution is -0.122. The highest BCUT2D eigenvalue weighted by atomic mass is 16.5. The number of nitrogens with one attached hydrogen (secondary N) is 2. The number of ether oxygens (including phenoxy) is 1. The normalized spacial score (nSPS) is 18.3. The van der Waals surface area contributed by atoms with Crippen LogP contribution in [0, 0.1) is 11.8 Å². The molecular formula is C24H30N2O3. The van der Waals surface area contributed by atoms with Gasteiger partial charge in [-0.05, 0) is 61.6 Å². The molecule has 2 atom stereocenters. The quantitative estimate of drug-likeness (QED) is 0.726. The number of rotatable bonds is 6. The van der Waals surface area contributed by atoms with Crippen LogP contribution < -0.4 is 15.4 Å². The summed E-state index contributed by atoms with van der Waals surface area (Å²) in [6.45, 7) is 10.3. The molecule has 2 aromatic rings. The van der Waals surface area contributed by atoms with Crippen LogP contribution in [-0.4, -0.2) is 17.9 Å². The van der Waals surface area contributed by atoms with Gasteiger partial charge in [0.1, 0.15) is 5.75 Å². The molecule has 1 saturated carbocycles. The molecule has 29 heavy (non-hydrogen) atoms. The van der Waals surface area contributed by atoms with Gasteiger partial charge in [0.25, 0.3) is 0 Å². The molecule has 154 valence electrons. The van der Waals surface area contributed by atoms with Gasteiger partial charge in [0, 0.05) is 11.4 Å². The van der Waals surface area contributed by atoms with Crippen molar-refractivity contribution in [2.45, 2.75) is 52.6 Å². The number of hydrogen-bond donors (Lipinski definition) is 2. The zero-order valence-electron chi connectivity index (χ0n) is 17.8. The van der Waals surface area contributed by atoms with Crippen LogP contribution in [0.2, 0.25) is 0 Å². The monoisotopic (exact) mass is 394 g/mol. The molecule has 0 spiro atoms. The predicted molar refractivity (Wildman–Crippen MR) is 116 cm³/mol. The van der Waals surface area contributed by atoms with E-state index in [2.05, 4.69) is 31.4 Å². The SMILES string of the molecule is CC(C)Oc1ccc(NC(=O)C2CC2C(=O)Nc2ccccc2C(C)(C)C)cc1. The van der Waals surface area contributed by atoms with Crippen LogP contribution in [0.25, 0.3) is 0 Å². The Kier molecular flexibility index (Phi) is 5.96. The Bertz CT molecular complexity index is 882. The van der Waals surface area contributed by atoms with Crippen LogP contribution in [0.3, 0.4) is 0 Å². The van der Waals surface area contributed by atoms with E-state index in [0.717, 1.165) is 17.0 Å². The van der Waals surface area contributed by atoms with Crippen molar-refractivity contribution in [1.82, 2.24) is 0 Å². The van der Waals surface area contributed by atoms with Gasteiger partial charge >= 0.3 is 0 Å². The number of hydrogen-bond acceptors (Lipinski definition) is 3. The Labute approximate surface area is 172 Å². The Hall–Kier alpha value is -2.82. The lowest BCUT2D eigenvalue weighted by Gasteiger charge is -2.23. The maximum absolute atomic E-state index is 12.7. The number of carbonyl (C=O) groups is 2. The fraction of sp³-hybridized carbons (Fsp3) is 0.417. The fourth-order valence-corrected chi connectivity index (χ4v) is 3.37. The third-order valence-corrected chi connectivity index (χ3v) is 4.95. The Morgan fingerprint density at radius 2 is 1.52 bits per heavy atom. The smallest absolute Gasteiger partial charge is 0.228 e. The van der Waals surface area contributed by atoms with Crippen molar-refractivity contribution in [1.29, 1.82) is 0 Å². The average Bonchev–Trinajstić information content (AvgIpc) is 3.43. The number of anilines is 2. The lowest BCUT2D eigenvalue weighted by atomic mass is 9.86. The molecule has 1 fully saturated rings. The highest BCUT2D eigenvalue weighted by molar-refractivity contribution is 6.03. The molecule has 0 bridgehead atoms. The molecule has 1 aliphatic rings. The number of benzene rings is 2. The Morgan fingerprint density at radius 1 is 0.931 bits per heavy atom. The number of para-hydroxylation sites is 1. The van der Waals surface area contributed by atoms with Crippen molar-refractivity contribution in [2.75, 3.05) is 10.6 Å². The third kappa shape index (κ3) is 5.37. The van der Waals surface area contributed by atoms with E-state index in [9.17, 15) is 9.59 Å². The van der Waals surface area contributed by atoms with E-state index in [4.69, 9.17) is 4.74 Å². The van der Waals surface area contributed by atoms with E-state index in [-0.39, 0.29) is 35.2 Å². The first kappa shape index (κ1) is 20.9. The van der Waals surface area contributed by atoms with Crippen molar-refractivity contribution >= 4 is 23.2 Å². The summed E-state index contributed by atoms with van der Waals surface area (Å²) in [6, 6.07) is 15.1. The molecule has 3 rings (SSSR count). The first-order valence-electron chi connectivity index (χ1n) is 10.1. The van der Waals surface area contributed by atoms with Crippen LogP contribution in [0.15, 0.2) is 48.5 Å². The van der Waals surface area contributed by atoms with E-state index in [1.165, 1.54) is 0 Å². The summed E-state index contributed by atoms with van der Waals surface area (Å²) in [5.74, 6) is -0.0246. The molecule has 2 amide bonds. The van der Waals surface area contributed by atoms with E-state index in [1.807, 2.05) is 62.4 Å². The van der Waals surface area contributed by atoms with Gasteiger partial charge < -0.3 is 15.4 Å². The minimum Gasteiger partial charge on any atom is -0.491 e. The lowest BCUT2D eigenvalue weighted by Crippen LogP contribution is -2.22. The molecule has 0 aliphatic heterocycles. The van der Waals surface area contributed by atoms with Crippen LogP contribution in [0.5, 0.6) is 5.75 Å². The van der Waals surface area contributed by atoms with Gasteiger partial charge in [0.2, 0.25) is 11.8 Å². The summed E-state index contributed by atoms with van der Waals surface area (Å²) in [5.41, 5.74) is 2.53. The highest BCUT2D eigenvalue weighted by Gasteiger charge is 2.48. The molecule has 0 aromatic heterocycles. The van der Waals surface area contributed by atoms with E-state index >= 15 is 0 Å². The van der Waals surface area contributed by atoms with E-state index in [0.29, 0.717) is 12.1 Å². The summed E-state index contributed by atoms with van der Waals surface area (Å²) < 4.78 is 5.61. The molecule has 2 unspecified atom stereocenters. The average molecular weight is 395 g/mol. The number of carbonyl (C=O) groups excluding carboxylic acids is 2. The van der Waals surface area contributed by atoms with Crippen molar-refractivity contribution in [3.63, 3.8) is 0 Å². The van der Waals surface area contributed by atoms with Gasteiger partial charge in [-0.1, -0.05) is 39.0 Å². The van der Waals surface area contributed by atoms with Gasteiger partial charge in [0.05, 0.1) is 17.9 Å². The summed E-state index contributed by atoms with van der Waals surface area (Å²) in [4.78, 5) is 25.2. The molecule has 5 nitrogen and oxygen atoms in total. The van der Waals surface area contributed by atoms with Gasteiger partial charge in [-0.3, -0.25) is 9.59 Å². The summed E-state index contributed by atoms with van der Waals surface area (Å²) >= 11 is 0. The zero-order valence-corrected chi connectivity index (χ0v) is 17.8. The van der Waals surface area contributed by atoms with Crippen LogP contribution in [0.4, 0.5) is 11.4 Å². The summed E-state index contributed by atoms with van der Waals surface area (Å²) in [6.07, 6.45) is 0.675. The molecule has 2 aromatic carbocycles. The van der Waals surface area contributed by atoms with Gasteiger partial charge in [0.15, 0.2) is 0 Å². The minimum atomic E-state index is -0.289. The standard InChI is InChI=1S/C24H30N2O3/c1-15(2)29-17-12-10-16(11-13-17)25-22(27)18-14-19(18)23(28)26-21-9-7-6-8-20(21)24(3,4)5/h6-13,15,18-19H,14H2,1-5H3,(H,25,27)(H,26,28). The Balaban J connectivity index is 1.57. The zero-order chi connectivity index (χ0) is 21.2. The first-order chi connectivity index (χ1) is 13.6. The van der Waals surface area contributed by atoms with Crippen LogP contribution in [-0.2, 0) is 15.0 Å². The second kappa shape index (κ2) is 8.27. The second-order valence-corrected chi connectivity index (χ2v) is 8.91. The molecule has 0 radical (unpaired) electrons. The van der Waals surface area contributed by atoms with Crippen molar-refractivity contribution in [3.8, 4) is 5.75 Å². The first-order valence-corrected chi connectivity index (χ1v) is 10.1. The van der Waals surface area contributed by atoms with E-state index < -0.39 is 0 Å². The van der Waals surface area contributed by atoms with Gasteiger partial charge in [-0.15, -0.1) is 0 Å². The van der Waals surface area contributed by atoms with Crippen molar-refractivity contribution < 1.29 is 14.3 Å². The predicted octanol–water partition coefficient (Wildman–Crippen LogP) is 4.98. The fourth-order valence-electron chi connectivity index (χ4n) is 3.37. The summed E-state index contributed by atoms with van der Waals surface area (Å²) in [5, 5.41) is 5.91. The molecular weight excluding hydrogens is 364 g/mol. The molecule has 5 heteroatoms. The van der Waals surface area contributed by atoms with Crippen molar-refractivity contribution in [3.05, 3.63) is 54.1 Å². The molecule has 2 N–H and O–H groups in total. The van der Waals surface area contributed by atoms with E-state index in [1.54, 1.807) is 0 Å². The second-order valence-electron chi connectivity index (χ2n) is 8.91. The maximum Gasteiger partial charge on any atom is 0.228 e. The minimum absolute atomic E-state index is 0.0738. The van der Waals surface area contributed by atoms with Gasteiger partial charge in [-0.2, -0.15) is 0 Å². The Morgan fingerprint density at radius 3 is 2.10 bits per heavy atom. The maximum atomic E-state index is 12.7. The van der Waals surface area contributed by atoms with Crippen LogP contribution in [0.1, 0.15) is 46.6 Å². The van der Waals surface area contributed by atoms with Crippen LogP contribution >= 0.6 is 0 Å². The molecule has 0 heterocycles. The third-order valence-electron chi connectivity index (χ3n) is 4.95. The molecule has 0 saturated heterocycles. The molecule has 1 aliphatic carbocycles. The highest BCUT2D eigenvalue weighted by Crippen LogP contribution is 2.41. The number of amides is 2. The van der Waals surface area contributed by atoms with Gasteiger partial charge in [-0.25, -0.2) is 0 Å². The van der Waals surface area contributed by atoms with Crippen molar-refractivity contribution in [2.24, 2.45) is 11.8 Å². The largest absolute Gasteiger partial charge is 0.491 e.